The van der Waals surface area contributed by atoms with Crippen molar-refractivity contribution >= 4 is 17.5 Å². The number of aryl methyl sites for hydroxylation is 1. The molecule has 2 aromatic rings. The van der Waals surface area contributed by atoms with Crippen molar-refractivity contribution in [2.45, 2.75) is 12.8 Å². The smallest absolute Gasteiger partial charge is 0.217 e. The largest absolute Gasteiger partial charge is 0.370 e. The number of halogens is 1. The summed E-state index contributed by atoms with van der Waals surface area (Å²) in [6.45, 7) is 0. The molecule has 0 aliphatic heterocycles. The third-order valence-electron chi connectivity index (χ3n) is 2.51. The molecular weight excluding hydrogens is 250 g/mol. The van der Waals surface area contributed by atoms with E-state index in [-0.39, 0.29) is 5.91 Å². The van der Waals surface area contributed by atoms with Gasteiger partial charge in [0.05, 0.1) is 5.69 Å². The van der Waals surface area contributed by atoms with Gasteiger partial charge in [-0.15, -0.1) is 10.2 Å². The summed E-state index contributed by atoms with van der Waals surface area (Å²) in [5, 5.41) is 8.18. The van der Waals surface area contributed by atoms with Crippen molar-refractivity contribution in [2.24, 2.45) is 5.73 Å². The molecule has 18 heavy (non-hydrogen) atoms. The van der Waals surface area contributed by atoms with Crippen LogP contribution in [0.25, 0.3) is 11.3 Å². The van der Waals surface area contributed by atoms with Gasteiger partial charge in [-0.1, -0.05) is 29.8 Å². The highest BCUT2D eigenvalue weighted by atomic mass is 35.5. The van der Waals surface area contributed by atoms with Crippen LogP contribution in [-0.4, -0.2) is 16.1 Å². The zero-order chi connectivity index (χ0) is 13.0. The molecule has 1 amide bonds. The van der Waals surface area contributed by atoms with E-state index < -0.39 is 0 Å². The number of carbonyl (C=O) groups is 1. The average molecular weight is 262 g/mol. The molecule has 4 nitrogen and oxygen atoms in total. The van der Waals surface area contributed by atoms with E-state index in [0.717, 1.165) is 16.8 Å². The maximum Gasteiger partial charge on any atom is 0.217 e. The normalized spacial score (nSPS) is 10.3. The molecule has 0 radical (unpaired) electrons. The Morgan fingerprint density at radius 1 is 1.22 bits per heavy atom. The van der Waals surface area contributed by atoms with E-state index in [1.807, 2.05) is 30.3 Å². The molecular formula is C13H12ClN3O. The lowest BCUT2D eigenvalue weighted by atomic mass is 10.0. The molecule has 1 aromatic heterocycles. The first-order valence-electron chi connectivity index (χ1n) is 5.52. The fourth-order valence-electron chi connectivity index (χ4n) is 1.62. The van der Waals surface area contributed by atoms with Crippen LogP contribution in [0.5, 0.6) is 0 Å². The number of hydrogen-bond donors (Lipinski definition) is 1. The SMILES string of the molecule is NC(=O)CCc1cccc(-c2ccc(Cl)nn2)c1. The molecule has 2 rings (SSSR count). The third kappa shape index (κ3) is 3.28. The van der Waals surface area contributed by atoms with E-state index in [4.69, 9.17) is 17.3 Å². The standard InChI is InChI=1S/C13H12ClN3O/c14-12-6-5-11(16-17-12)10-3-1-2-9(8-10)4-7-13(15)18/h1-3,5-6,8H,4,7H2,(H2,15,18). The van der Waals surface area contributed by atoms with Crippen LogP contribution in [0.2, 0.25) is 5.15 Å². The molecule has 0 fully saturated rings. The summed E-state index contributed by atoms with van der Waals surface area (Å²) in [4.78, 5) is 10.8. The van der Waals surface area contributed by atoms with E-state index in [9.17, 15) is 4.79 Å². The number of carbonyl (C=O) groups excluding carboxylic acids is 1. The minimum absolute atomic E-state index is 0.299. The number of aromatic nitrogens is 2. The summed E-state index contributed by atoms with van der Waals surface area (Å²) in [6, 6.07) is 11.3. The van der Waals surface area contributed by atoms with E-state index in [1.165, 1.54) is 0 Å². The monoisotopic (exact) mass is 261 g/mol. The first kappa shape index (κ1) is 12.5. The van der Waals surface area contributed by atoms with E-state index in [0.29, 0.717) is 18.0 Å². The molecule has 0 saturated carbocycles. The van der Waals surface area contributed by atoms with E-state index in [2.05, 4.69) is 10.2 Å². The molecule has 92 valence electrons. The second-order valence-electron chi connectivity index (χ2n) is 3.91. The summed E-state index contributed by atoms with van der Waals surface area (Å²) < 4.78 is 0. The highest BCUT2D eigenvalue weighted by Gasteiger charge is 2.03. The van der Waals surface area contributed by atoms with Gasteiger partial charge in [-0.25, -0.2) is 0 Å². The van der Waals surface area contributed by atoms with E-state index >= 15 is 0 Å². The van der Waals surface area contributed by atoms with Gasteiger partial charge in [0.1, 0.15) is 0 Å². The Balaban J connectivity index is 2.21. The average Bonchev–Trinajstić information content (AvgIpc) is 2.37. The molecule has 0 unspecified atom stereocenters. The Bertz CT molecular complexity index is 554. The number of nitrogens with two attached hydrogens (primary N) is 1. The number of amides is 1. The van der Waals surface area contributed by atoms with Gasteiger partial charge >= 0.3 is 0 Å². The van der Waals surface area contributed by atoms with Crippen molar-refractivity contribution in [1.29, 1.82) is 0 Å². The number of benzene rings is 1. The highest BCUT2D eigenvalue weighted by molar-refractivity contribution is 6.29. The van der Waals surface area contributed by atoms with Gasteiger partial charge in [0.25, 0.3) is 0 Å². The summed E-state index contributed by atoms with van der Waals surface area (Å²) in [5.41, 5.74) is 7.87. The molecule has 2 N–H and O–H groups in total. The zero-order valence-corrected chi connectivity index (χ0v) is 10.4. The first-order valence-corrected chi connectivity index (χ1v) is 5.90. The Labute approximate surface area is 110 Å². The molecule has 1 aromatic carbocycles. The van der Waals surface area contributed by atoms with Crippen LogP contribution in [-0.2, 0) is 11.2 Å². The van der Waals surface area contributed by atoms with Gasteiger partial charge in [-0.3, -0.25) is 4.79 Å². The number of nitrogens with zero attached hydrogens (tertiary/aromatic N) is 2. The lowest BCUT2D eigenvalue weighted by Gasteiger charge is -2.03. The summed E-state index contributed by atoms with van der Waals surface area (Å²) in [6.07, 6.45) is 0.972. The van der Waals surface area contributed by atoms with Gasteiger partial charge in [-0.2, -0.15) is 0 Å². The van der Waals surface area contributed by atoms with Gasteiger partial charge in [0, 0.05) is 12.0 Å². The number of primary amides is 1. The lowest BCUT2D eigenvalue weighted by Crippen LogP contribution is -2.11. The Hall–Kier alpha value is -1.94. The van der Waals surface area contributed by atoms with Crippen LogP contribution in [0, 0.1) is 0 Å². The molecule has 0 atom stereocenters. The maximum absolute atomic E-state index is 10.8. The molecule has 0 bridgehead atoms. The van der Waals surface area contributed by atoms with Crippen molar-refractivity contribution < 1.29 is 4.79 Å². The van der Waals surface area contributed by atoms with Gasteiger partial charge in [-0.05, 0) is 30.2 Å². The Kier molecular flexibility index (Phi) is 3.89. The molecule has 0 saturated heterocycles. The van der Waals surface area contributed by atoms with Crippen molar-refractivity contribution in [1.82, 2.24) is 10.2 Å². The van der Waals surface area contributed by atoms with Gasteiger partial charge < -0.3 is 5.73 Å². The highest BCUT2D eigenvalue weighted by Crippen LogP contribution is 2.19. The quantitative estimate of drug-likeness (QED) is 0.917. The predicted octanol–water partition coefficient (Wildman–Crippen LogP) is 2.21. The number of hydrogen-bond acceptors (Lipinski definition) is 3. The third-order valence-corrected chi connectivity index (χ3v) is 2.72. The van der Waals surface area contributed by atoms with Crippen molar-refractivity contribution in [3.05, 3.63) is 47.1 Å². The second kappa shape index (κ2) is 5.60. The van der Waals surface area contributed by atoms with Gasteiger partial charge in [0.2, 0.25) is 5.91 Å². The Morgan fingerprint density at radius 2 is 2.06 bits per heavy atom. The van der Waals surface area contributed by atoms with Gasteiger partial charge in [0.15, 0.2) is 5.15 Å². The minimum atomic E-state index is -0.299. The first-order chi connectivity index (χ1) is 8.65. The second-order valence-corrected chi connectivity index (χ2v) is 4.30. The Morgan fingerprint density at radius 3 is 2.72 bits per heavy atom. The summed E-state index contributed by atoms with van der Waals surface area (Å²) >= 11 is 5.69. The molecule has 1 heterocycles. The van der Waals surface area contributed by atoms with Crippen molar-refractivity contribution in [3.63, 3.8) is 0 Å². The van der Waals surface area contributed by atoms with Crippen LogP contribution >= 0.6 is 11.6 Å². The molecule has 0 aliphatic carbocycles. The van der Waals surface area contributed by atoms with Crippen molar-refractivity contribution in [3.8, 4) is 11.3 Å². The number of rotatable bonds is 4. The fourth-order valence-corrected chi connectivity index (χ4v) is 1.72. The molecule has 5 heteroatoms. The van der Waals surface area contributed by atoms with Crippen LogP contribution in [0.4, 0.5) is 0 Å². The summed E-state index contributed by atoms with van der Waals surface area (Å²) in [7, 11) is 0. The molecule has 0 spiro atoms. The van der Waals surface area contributed by atoms with Crippen LogP contribution in [0.1, 0.15) is 12.0 Å². The zero-order valence-electron chi connectivity index (χ0n) is 9.64. The molecule has 0 aliphatic rings. The van der Waals surface area contributed by atoms with Crippen molar-refractivity contribution in [2.75, 3.05) is 0 Å². The van der Waals surface area contributed by atoms with Crippen LogP contribution in [0.15, 0.2) is 36.4 Å². The maximum atomic E-state index is 10.8. The topological polar surface area (TPSA) is 68.9 Å². The van der Waals surface area contributed by atoms with Crippen LogP contribution in [0.3, 0.4) is 0 Å². The fraction of sp³-hybridized carbons (Fsp3) is 0.154. The van der Waals surface area contributed by atoms with Crippen LogP contribution < -0.4 is 5.73 Å². The minimum Gasteiger partial charge on any atom is -0.370 e. The predicted molar refractivity (Wildman–Crippen MR) is 70.0 cm³/mol. The summed E-state index contributed by atoms with van der Waals surface area (Å²) in [5.74, 6) is -0.299. The van der Waals surface area contributed by atoms with E-state index in [1.54, 1.807) is 6.07 Å². The lowest BCUT2D eigenvalue weighted by molar-refractivity contribution is -0.117.